The minimum absolute atomic E-state index is 0.143. The van der Waals surface area contributed by atoms with Gasteiger partial charge >= 0.3 is 7.12 Å². The Balaban J connectivity index is 1.85. The molecule has 0 N–H and O–H groups in total. The number of carbonyl (C=O) groups excluding carboxylic acids is 1. The summed E-state index contributed by atoms with van der Waals surface area (Å²) in [6, 6.07) is 3.80. The van der Waals surface area contributed by atoms with Gasteiger partial charge in [-0.25, -0.2) is 4.98 Å². The fourth-order valence-corrected chi connectivity index (χ4v) is 2.76. The first-order valence-corrected chi connectivity index (χ1v) is 7.92. The molecule has 3 rings (SSSR count). The standard InChI is InChI=1S/C16H23BN2O3/c1-15(2)16(3,4)22-17(21-15)12-8-9-18-13(11-12)19-10-6-5-7-14(19)20/h8-9,11H,5-7,10H2,1-4H3. The Labute approximate surface area is 132 Å². The van der Waals surface area contributed by atoms with E-state index in [1.807, 2.05) is 39.8 Å². The molecule has 0 radical (unpaired) electrons. The number of pyridine rings is 1. The van der Waals surface area contributed by atoms with Crippen molar-refractivity contribution in [3.63, 3.8) is 0 Å². The molecule has 2 aliphatic heterocycles. The summed E-state index contributed by atoms with van der Waals surface area (Å²) in [5.41, 5.74) is 0.159. The number of anilines is 1. The molecular weight excluding hydrogens is 279 g/mol. The lowest BCUT2D eigenvalue weighted by molar-refractivity contribution is -0.119. The van der Waals surface area contributed by atoms with E-state index in [2.05, 4.69) is 4.98 Å². The number of amides is 1. The lowest BCUT2D eigenvalue weighted by Crippen LogP contribution is -2.41. The molecule has 6 heteroatoms. The first-order valence-electron chi connectivity index (χ1n) is 7.92. The zero-order valence-electron chi connectivity index (χ0n) is 13.8. The Kier molecular flexibility index (Phi) is 3.77. The number of hydrogen-bond donors (Lipinski definition) is 0. The van der Waals surface area contributed by atoms with Gasteiger partial charge in [0, 0.05) is 19.2 Å². The van der Waals surface area contributed by atoms with Crippen molar-refractivity contribution in [1.29, 1.82) is 0 Å². The third-order valence-corrected chi connectivity index (χ3v) is 4.89. The molecule has 0 atom stereocenters. The third-order valence-electron chi connectivity index (χ3n) is 4.89. The molecule has 118 valence electrons. The lowest BCUT2D eigenvalue weighted by Gasteiger charge is -2.32. The van der Waals surface area contributed by atoms with Gasteiger partial charge in [-0.2, -0.15) is 0 Å². The van der Waals surface area contributed by atoms with Crippen LogP contribution in [0.5, 0.6) is 0 Å². The van der Waals surface area contributed by atoms with Gasteiger partial charge in [-0.05, 0) is 58.1 Å². The monoisotopic (exact) mass is 302 g/mol. The highest BCUT2D eigenvalue weighted by molar-refractivity contribution is 6.62. The minimum atomic E-state index is -0.424. The van der Waals surface area contributed by atoms with Crippen LogP contribution in [-0.2, 0) is 14.1 Å². The molecule has 22 heavy (non-hydrogen) atoms. The van der Waals surface area contributed by atoms with Crippen LogP contribution in [-0.4, -0.2) is 35.8 Å². The van der Waals surface area contributed by atoms with Crippen molar-refractivity contribution in [3.05, 3.63) is 18.3 Å². The van der Waals surface area contributed by atoms with Crippen molar-refractivity contribution in [2.45, 2.75) is 58.2 Å². The van der Waals surface area contributed by atoms with Gasteiger partial charge in [0.2, 0.25) is 5.91 Å². The Morgan fingerprint density at radius 2 is 1.86 bits per heavy atom. The van der Waals surface area contributed by atoms with Gasteiger partial charge in [-0.3, -0.25) is 9.69 Å². The normalized spacial score (nSPS) is 23.9. The van der Waals surface area contributed by atoms with Crippen LogP contribution in [0.15, 0.2) is 18.3 Å². The van der Waals surface area contributed by atoms with E-state index in [9.17, 15) is 4.79 Å². The lowest BCUT2D eigenvalue weighted by atomic mass is 9.79. The molecule has 2 saturated heterocycles. The predicted octanol–water partition coefficient (Wildman–Crippen LogP) is 1.90. The Morgan fingerprint density at radius 3 is 2.50 bits per heavy atom. The first kappa shape index (κ1) is 15.5. The van der Waals surface area contributed by atoms with Crippen molar-refractivity contribution < 1.29 is 14.1 Å². The summed E-state index contributed by atoms with van der Waals surface area (Å²) in [5.74, 6) is 0.835. The maximum absolute atomic E-state index is 12.1. The van der Waals surface area contributed by atoms with Gasteiger partial charge < -0.3 is 9.31 Å². The smallest absolute Gasteiger partial charge is 0.399 e. The van der Waals surface area contributed by atoms with Crippen molar-refractivity contribution in [1.82, 2.24) is 4.98 Å². The van der Waals surface area contributed by atoms with E-state index in [-0.39, 0.29) is 17.1 Å². The van der Waals surface area contributed by atoms with Gasteiger partial charge in [-0.15, -0.1) is 0 Å². The summed E-state index contributed by atoms with van der Waals surface area (Å²) in [6.45, 7) is 8.86. The second kappa shape index (κ2) is 5.35. The van der Waals surface area contributed by atoms with Crippen LogP contribution >= 0.6 is 0 Å². The SMILES string of the molecule is CC1(C)OB(c2ccnc(N3CCCCC3=O)c2)OC1(C)C. The molecule has 1 aromatic rings. The van der Waals surface area contributed by atoms with E-state index in [0.29, 0.717) is 12.2 Å². The zero-order valence-corrected chi connectivity index (χ0v) is 13.8. The highest BCUT2D eigenvalue weighted by Gasteiger charge is 2.51. The number of carbonyl (C=O) groups is 1. The molecule has 2 aliphatic rings. The highest BCUT2D eigenvalue weighted by Crippen LogP contribution is 2.36. The summed E-state index contributed by atoms with van der Waals surface area (Å²) in [7, 11) is -0.424. The molecule has 0 saturated carbocycles. The average molecular weight is 302 g/mol. The molecule has 0 unspecified atom stereocenters. The van der Waals surface area contributed by atoms with E-state index in [1.165, 1.54) is 0 Å². The maximum Gasteiger partial charge on any atom is 0.495 e. The van der Waals surface area contributed by atoms with E-state index in [0.717, 1.165) is 24.8 Å². The van der Waals surface area contributed by atoms with E-state index in [4.69, 9.17) is 9.31 Å². The van der Waals surface area contributed by atoms with Crippen LogP contribution in [0.2, 0.25) is 0 Å². The molecule has 0 aromatic carbocycles. The minimum Gasteiger partial charge on any atom is -0.399 e. The number of piperidine rings is 1. The van der Waals surface area contributed by atoms with Gasteiger partial charge in [0.15, 0.2) is 0 Å². The van der Waals surface area contributed by atoms with Crippen LogP contribution in [0.1, 0.15) is 47.0 Å². The molecule has 1 aromatic heterocycles. The van der Waals surface area contributed by atoms with Crippen molar-refractivity contribution >= 4 is 24.3 Å². The topological polar surface area (TPSA) is 51.7 Å². The van der Waals surface area contributed by atoms with E-state index >= 15 is 0 Å². The van der Waals surface area contributed by atoms with Gasteiger partial charge in [0.1, 0.15) is 5.82 Å². The third kappa shape index (κ3) is 2.65. The summed E-state index contributed by atoms with van der Waals surface area (Å²) in [5, 5.41) is 0. The fourth-order valence-electron chi connectivity index (χ4n) is 2.76. The van der Waals surface area contributed by atoms with Crippen molar-refractivity contribution in [2.75, 3.05) is 11.4 Å². The fraction of sp³-hybridized carbons (Fsp3) is 0.625. The molecular formula is C16H23BN2O3. The van der Waals surface area contributed by atoms with Crippen LogP contribution in [0.4, 0.5) is 5.82 Å². The molecule has 3 heterocycles. The Bertz CT molecular complexity index is 573. The number of hydrogen-bond acceptors (Lipinski definition) is 4. The number of aromatic nitrogens is 1. The quantitative estimate of drug-likeness (QED) is 0.783. The second-order valence-corrected chi connectivity index (χ2v) is 7.04. The van der Waals surface area contributed by atoms with Gasteiger partial charge in [0.25, 0.3) is 0 Å². The maximum atomic E-state index is 12.1. The van der Waals surface area contributed by atoms with Gasteiger partial charge in [-0.1, -0.05) is 0 Å². The number of rotatable bonds is 2. The van der Waals surface area contributed by atoms with Crippen molar-refractivity contribution in [2.24, 2.45) is 0 Å². The Morgan fingerprint density at radius 1 is 1.18 bits per heavy atom. The summed E-state index contributed by atoms with van der Waals surface area (Å²) in [4.78, 5) is 18.2. The molecule has 1 amide bonds. The zero-order chi connectivity index (χ0) is 16.0. The largest absolute Gasteiger partial charge is 0.495 e. The van der Waals surface area contributed by atoms with E-state index in [1.54, 1.807) is 11.1 Å². The average Bonchev–Trinajstić information content (AvgIpc) is 2.68. The molecule has 0 spiro atoms. The molecule has 2 fully saturated rings. The predicted molar refractivity (Wildman–Crippen MR) is 86.2 cm³/mol. The Hall–Kier alpha value is -1.40. The molecule has 5 nitrogen and oxygen atoms in total. The number of nitrogens with zero attached hydrogens (tertiary/aromatic N) is 2. The first-order chi connectivity index (χ1) is 10.3. The molecule has 0 bridgehead atoms. The second-order valence-electron chi connectivity index (χ2n) is 7.04. The van der Waals surface area contributed by atoms with Crippen LogP contribution < -0.4 is 10.4 Å². The van der Waals surface area contributed by atoms with E-state index < -0.39 is 7.12 Å². The molecule has 0 aliphatic carbocycles. The summed E-state index contributed by atoms with van der Waals surface area (Å²) >= 11 is 0. The highest BCUT2D eigenvalue weighted by atomic mass is 16.7. The summed E-state index contributed by atoms with van der Waals surface area (Å²) < 4.78 is 12.1. The van der Waals surface area contributed by atoms with Crippen LogP contribution in [0.3, 0.4) is 0 Å². The van der Waals surface area contributed by atoms with Crippen molar-refractivity contribution in [3.8, 4) is 0 Å². The summed E-state index contributed by atoms with van der Waals surface area (Å²) in [6.07, 6.45) is 4.31. The van der Waals surface area contributed by atoms with Crippen LogP contribution in [0.25, 0.3) is 0 Å². The van der Waals surface area contributed by atoms with Crippen LogP contribution in [0, 0.1) is 0 Å². The van der Waals surface area contributed by atoms with Gasteiger partial charge in [0.05, 0.1) is 11.2 Å².